The monoisotopic (exact) mass is 392 g/mol. The zero-order valence-electron chi connectivity index (χ0n) is 13.2. The molecule has 0 saturated heterocycles. The number of nitrogens with zero attached hydrogens (tertiary/aromatic N) is 1. The number of rotatable bonds is 6. The zero-order valence-corrected chi connectivity index (χ0v) is 14.8. The molecule has 0 saturated carbocycles. The van der Waals surface area contributed by atoms with Crippen LogP contribution in [0.4, 0.5) is 0 Å². The number of aliphatic hydroxyl groups excluding tert-OH is 1. The Balaban J connectivity index is 2.06. The number of halogens is 1. The minimum Gasteiger partial charge on any atom is -0.493 e. The lowest BCUT2D eigenvalue weighted by molar-refractivity contribution is -0.129. The smallest absolute Gasteiger partial charge is 0.273 e. The van der Waals surface area contributed by atoms with Crippen molar-refractivity contribution in [2.75, 3.05) is 14.2 Å². The van der Waals surface area contributed by atoms with Crippen molar-refractivity contribution in [1.82, 2.24) is 5.43 Å². The third-order valence-corrected chi connectivity index (χ3v) is 3.77. The first-order valence-corrected chi connectivity index (χ1v) is 7.83. The third-order valence-electron chi connectivity index (χ3n) is 3.25. The van der Waals surface area contributed by atoms with E-state index in [1.807, 2.05) is 0 Å². The fourth-order valence-electron chi connectivity index (χ4n) is 2.04. The Morgan fingerprint density at radius 1 is 1.21 bits per heavy atom. The summed E-state index contributed by atoms with van der Waals surface area (Å²) in [4.78, 5) is 12.0. The van der Waals surface area contributed by atoms with Crippen LogP contribution in [0.15, 0.2) is 52.0 Å². The van der Waals surface area contributed by atoms with Crippen molar-refractivity contribution in [3.63, 3.8) is 0 Å². The van der Waals surface area contributed by atoms with Gasteiger partial charge in [0.1, 0.15) is 0 Å². The van der Waals surface area contributed by atoms with Crippen molar-refractivity contribution in [1.29, 1.82) is 0 Å². The molecule has 2 aromatic rings. The Hall–Kier alpha value is -2.38. The number of methoxy groups -OCH3 is 2. The summed E-state index contributed by atoms with van der Waals surface area (Å²) in [5.74, 6) is 0.435. The molecular formula is C17H17BrN2O4. The van der Waals surface area contributed by atoms with Gasteiger partial charge in [-0.05, 0) is 29.8 Å². The lowest BCUT2D eigenvalue weighted by atomic mass is 10.1. The molecule has 0 bridgehead atoms. The van der Waals surface area contributed by atoms with Crippen molar-refractivity contribution in [3.8, 4) is 11.5 Å². The summed E-state index contributed by atoms with van der Waals surface area (Å²) in [7, 11) is 3.06. The van der Waals surface area contributed by atoms with E-state index in [-0.39, 0.29) is 0 Å². The number of para-hydroxylation sites is 1. The Kier molecular flexibility index (Phi) is 6.34. The van der Waals surface area contributed by atoms with Crippen LogP contribution >= 0.6 is 15.9 Å². The van der Waals surface area contributed by atoms with Crippen LogP contribution in [-0.4, -0.2) is 31.4 Å². The maximum atomic E-state index is 12.0. The van der Waals surface area contributed by atoms with Gasteiger partial charge in [-0.15, -0.1) is 0 Å². The van der Waals surface area contributed by atoms with Crippen LogP contribution in [-0.2, 0) is 4.79 Å². The largest absolute Gasteiger partial charge is 0.493 e. The van der Waals surface area contributed by atoms with Gasteiger partial charge >= 0.3 is 0 Å². The van der Waals surface area contributed by atoms with Crippen molar-refractivity contribution < 1.29 is 19.4 Å². The summed E-state index contributed by atoms with van der Waals surface area (Å²) in [6.07, 6.45) is 0.121. The molecule has 7 heteroatoms. The lowest BCUT2D eigenvalue weighted by Crippen LogP contribution is -2.25. The highest BCUT2D eigenvalue weighted by Crippen LogP contribution is 2.29. The molecule has 0 spiro atoms. The van der Waals surface area contributed by atoms with Crippen molar-refractivity contribution in [2.45, 2.75) is 6.10 Å². The van der Waals surface area contributed by atoms with Gasteiger partial charge in [-0.2, -0.15) is 5.10 Å². The number of amides is 1. The van der Waals surface area contributed by atoms with Crippen LogP contribution in [0, 0.1) is 0 Å². The topological polar surface area (TPSA) is 80.2 Å². The van der Waals surface area contributed by atoms with Crippen LogP contribution in [0.25, 0.3) is 0 Å². The molecule has 0 radical (unpaired) electrons. The summed E-state index contributed by atoms with van der Waals surface area (Å²) in [5, 5.41) is 13.9. The van der Waals surface area contributed by atoms with E-state index in [0.717, 1.165) is 4.47 Å². The van der Waals surface area contributed by atoms with Gasteiger partial charge in [0.05, 0.1) is 20.4 Å². The summed E-state index contributed by atoms with van der Waals surface area (Å²) in [5.41, 5.74) is 3.42. The van der Waals surface area contributed by atoms with E-state index >= 15 is 0 Å². The second-order valence-electron chi connectivity index (χ2n) is 4.77. The highest BCUT2D eigenvalue weighted by Gasteiger charge is 2.16. The van der Waals surface area contributed by atoms with Crippen LogP contribution in [0.1, 0.15) is 17.2 Å². The predicted octanol–water partition coefficient (Wildman–Crippen LogP) is 2.65. The van der Waals surface area contributed by atoms with Gasteiger partial charge in [-0.3, -0.25) is 4.79 Å². The van der Waals surface area contributed by atoms with Gasteiger partial charge in [0.2, 0.25) is 0 Å². The molecule has 6 nitrogen and oxygen atoms in total. The van der Waals surface area contributed by atoms with Crippen molar-refractivity contribution in [3.05, 3.63) is 58.1 Å². The summed E-state index contributed by atoms with van der Waals surface area (Å²) in [6, 6.07) is 12.1. The standard InChI is InChI=1S/C17H17BrN2O4/c1-23-14-5-3-4-12(16(14)24-2)10-19-20-17(22)15(21)11-6-8-13(18)9-7-11/h3-10,15,21H,1-2H3,(H,20,22)/b19-10-/t15-/m0/s1. The van der Waals surface area contributed by atoms with Crippen LogP contribution in [0.2, 0.25) is 0 Å². The third kappa shape index (κ3) is 4.33. The molecule has 1 atom stereocenters. The van der Waals surface area contributed by atoms with E-state index in [4.69, 9.17) is 9.47 Å². The number of nitrogens with one attached hydrogen (secondary N) is 1. The lowest BCUT2D eigenvalue weighted by Gasteiger charge is -2.10. The van der Waals surface area contributed by atoms with E-state index in [0.29, 0.717) is 22.6 Å². The maximum Gasteiger partial charge on any atom is 0.273 e. The second-order valence-corrected chi connectivity index (χ2v) is 5.69. The molecule has 0 aromatic heterocycles. The molecule has 2 rings (SSSR count). The van der Waals surface area contributed by atoms with Crippen LogP contribution in [0.5, 0.6) is 11.5 Å². The number of hydrogen-bond acceptors (Lipinski definition) is 5. The molecule has 0 unspecified atom stereocenters. The van der Waals surface area contributed by atoms with E-state index < -0.39 is 12.0 Å². The van der Waals surface area contributed by atoms with E-state index in [1.54, 1.807) is 42.5 Å². The normalized spacial score (nSPS) is 12.0. The molecule has 126 valence electrons. The van der Waals surface area contributed by atoms with Gasteiger partial charge in [-0.1, -0.05) is 34.1 Å². The van der Waals surface area contributed by atoms with Crippen LogP contribution in [0.3, 0.4) is 0 Å². The highest BCUT2D eigenvalue weighted by atomic mass is 79.9. The average molecular weight is 393 g/mol. The number of benzene rings is 2. The summed E-state index contributed by atoms with van der Waals surface area (Å²) >= 11 is 3.30. The fraction of sp³-hybridized carbons (Fsp3) is 0.176. The molecule has 0 fully saturated rings. The fourth-order valence-corrected chi connectivity index (χ4v) is 2.30. The first kappa shape index (κ1) is 18.0. The van der Waals surface area contributed by atoms with Gasteiger partial charge in [-0.25, -0.2) is 5.43 Å². The van der Waals surface area contributed by atoms with E-state index in [2.05, 4.69) is 26.5 Å². The first-order chi connectivity index (χ1) is 11.6. The van der Waals surface area contributed by atoms with Crippen molar-refractivity contribution >= 4 is 28.1 Å². The minimum absolute atomic E-state index is 0.477. The molecule has 2 aromatic carbocycles. The molecule has 0 heterocycles. The Labute approximate surface area is 148 Å². The molecule has 0 aliphatic carbocycles. The second kappa shape index (κ2) is 8.47. The molecule has 1 amide bonds. The molecule has 2 N–H and O–H groups in total. The maximum absolute atomic E-state index is 12.0. The zero-order chi connectivity index (χ0) is 17.5. The first-order valence-electron chi connectivity index (χ1n) is 7.04. The number of hydrogen-bond donors (Lipinski definition) is 2. The Morgan fingerprint density at radius 3 is 2.54 bits per heavy atom. The van der Waals surface area contributed by atoms with E-state index in [1.165, 1.54) is 20.4 Å². The van der Waals surface area contributed by atoms with Gasteiger partial charge < -0.3 is 14.6 Å². The van der Waals surface area contributed by atoms with Gasteiger partial charge in [0.15, 0.2) is 17.6 Å². The summed E-state index contributed by atoms with van der Waals surface area (Å²) in [6.45, 7) is 0. The van der Waals surface area contributed by atoms with Gasteiger partial charge in [0.25, 0.3) is 5.91 Å². The predicted molar refractivity (Wildman–Crippen MR) is 94.4 cm³/mol. The summed E-state index contributed by atoms with van der Waals surface area (Å²) < 4.78 is 11.3. The average Bonchev–Trinajstić information content (AvgIpc) is 2.61. The number of aliphatic hydroxyl groups is 1. The minimum atomic E-state index is -1.30. The molecular weight excluding hydrogens is 376 g/mol. The number of carbonyl (C=O) groups excluding carboxylic acids is 1. The highest BCUT2D eigenvalue weighted by molar-refractivity contribution is 9.10. The SMILES string of the molecule is COc1cccc(/C=N\NC(=O)[C@@H](O)c2ccc(Br)cc2)c1OC. The number of hydrazone groups is 1. The molecule has 0 aliphatic rings. The number of ether oxygens (including phenoxy) is 2. The Morgan fingerprint density at radius 2 is 1.92 bits per heavy atom. The van der Waals surface area contributed by atoms with Gasteiger partial charge in [0, 0.05) is 10.0 Å². The molecule has 0 aliphatic heterocycles. The van der Waals surface area contributed by atoms with Crippen LogP contribution < -0.4 is 14.9 Å². The quantitative estimate of drug-likeness (QED) is 0.584. The number of carbonyl (C=O) groups is 1. The Bertz CT molecular complexity index is 732. The van der Waals surface area contributed by atoms with Crippen molar-refractivity contribution in [2.24, 2.45) is 5.10 Å². The molecule has 24 heavy (non-hydrogen) atoms. The van der Waals surface area contributed by atoms with E-state index in [9.17, 15) is 9.90 Å².